The first-order valence-corrected chi connectivity index (χ1v) is 7.98. The fraction of sp³-hybridized carbons (Fsp3) is 0.769. The van der Waals surface area contributed by atoms with E-state index in [2.05, 4.69) is 34.3 Å². The summed E-state index contributed by atoms with van der Waals surface area (Å²) in [6.07, 6.45) is 6.01. The van der Waals surface area contributed by atoms with Crippen molar-refractivity contribution in [1.82, 2.24) is 20.5 Å². The largest absolute Gasteiger partial charge is 0.353 e. The van der Waals surface area contributed by atoms with Gasteiger partial charge >= 0.3 is 0 Å². The van der Waals surface area contributed by atoms with Crippen molar-refractivity contribution in [3.8, 4) is 0 Å². The molecule has 1 amide bonds. The summed E-state index contributed by atoms with van der Waals surface area (Å²) in [6, 6.07) is 0.375. The van der Waals surface area contributed by atoms with E-state index >= 15 is 0 Å². The van der Waals surface area contributed by atoms with Gasteiger partial charge in [0.25, 0.3) is 0 Å². The molecule has 2 rings (SSSR count). The van der Waals surface area contributed by atoms with Crippen LogP contribution < -0.4 is 5.32 Å². The van der Waals surface area contributed by atoms with E-state index in [1.165, 1.54) is 31.0 Å². The average Bonchev–Trinajstić information content (AvgIpc) is 2.86. The number of hydrogen-bond acceptors (Lipinski definition) is 4. The third-order valence-electron chi connectivity index (χ3n) is 3.33. The molecule has 5 nitrogen and oxygen atoms in total. The molecule has 1 heterocycles. The lowest BCUT2D eigenvalue weighted by Crippen LogP contribution is -2.37. The Bertz CT molecular complexity index is 413. The number of rotatable bonds is 5. The number of H-pyrrole nitrogens is 1. The number of amides is 1. The second-order valence-electron chi connectivity index (χ2n) is 5.35. The minimum Gasteiger partial charge on any atom is -0.353 e. The number of nitrogens with one attached hydrogen (secondary N) is 2. The summed E-state index contributed by atoms with van der Waals surface area (Å²) in [4.78, 5) is 16.2. The van der Waals surface area contributed by atoms with Crippen LogP contribution in [-0.4, -0.2) is 32.9 Å². The standard InChI is InChI=1S/C13H22N4OS/c1-9(2)12-15-13(17-16-12)19-8-11(18)14-10-6-4-3-5-7-10/h9-10H,3-8H2,1-2H3,(H,14,18)(H,15,16,17). The molecular weight excluding hydrogens is 260 g/mol. The van der Waals surface area contributed by atoms with Gasteiger partial charge in [0.05, 0.1) is 5.75 Å². The monoisotopic (exact) mass is 282 g/mol. The van der Waals surface area contributed by atoms with E-state index in [9.17, 15) is 4.79 Å². The summed E-state index contributed by atoms with van der Waals surface area (Å²) in [5.41, 5.74) is 0. The molecule has 2 N–H and O–H groups in total. The Morgan fingerprint density at radius 3 is 2.79 bits per heavy atom. The average molecular weight is 282 g/mol. The molecule has 1 fully saturated rings. The second-order valence-corrected chi connectivity index (χ2v) is 6.29. The van der Waals surface area contributed by atoms with Gasteiger partial charge < -0.3 is 5.32 Å². The lowest BCUT2D eigenvalue weighted by molar-refractivity contribution is -0.119. The molecule has 0 atom stereocenters. The van der Waals surface area contributed by atoms with E-state index in [1.807, 2.05) is 0 Å². The lowest BCUT2D eigenvalue weighted by Gasteiger charge is -2.22. The van der Waals surface area contributed by atoms with Crippen molar-refractivity contribution in [2.24, 2.45) is 0 Å². The van der Waals surface area contributed by atoms with Crippen molar-refractivity contribution in [3.63, 3.8) is 0 Å². The zero-order valence-corrected chi connectivity index (χ0v) is 12.4. The zero-order valence-electron chi connectivity index (χ0n) is 11.6. The Morgan fingerprint density at radius 1 is 1.42 bits per heavy atom. The maximum absolute atomic E-state index is 11.8. The Morgan fingerprint density at radius 2 is 2.16 bits per heavy atom. The summed E-state index contributed by atoms with van der Waals surface area (Å²) >= 11 is 1.39. The normalized spacial score (nSPS) is 16.8. The van der Waals surface area contributed by atoms with Crippen LogP contribution in [0.25, 0.3) is 0 Å². The molecule has 1 aromatic heterocycles. The minimum atomic E-state index is 0.0906. The third-order valence-corrected chi connectivity index (χ3v) is 4.18. The molecule has 19 heavy (non-hydrogen) atoms. The molecule has 1 saturated carbocycles. The molecule has 0 aromatic carbocycles. The van der Waals surface area contributed by atoms with Crippen LogP contribution in [0.4, 0.5) is 0 Å². The van der Waals surface area contributed by atoms with E-state index in [4.69, 9.17) is 0 Å². The first-order chi connectivity index (χ1) is 9.15. The van der Waals surface area contributed by atoms with Gasteiger partial charge in [0.1, 0.15) is 5.82 Å². The fourth-order valence-electron chi connectivity index (χ4n) is 2.23. The number of thioether (sulfide) groups is 1. The van der Waals surface area contributed by atoms with Crippen LogP contribution in [0, 0.1) is 0 Å². The Balaban J connectivity index is 1.73. The topological polar surface area (TPSA) is 70.7 Å². The van der Waals surface area contributed by atoms with Crippen LogP contribution in [0.5, 0.6) is 0 Å². The van der Waals surface area contributed by atoms with Crippen LogP contribution in [0.15, 0.2) is 5.16 Å². The van der Waals surface area contributed by atoms with Crippen LogP contribution in [-0.2, 0) is 4.79 Å². The van der Waals surface area contributed by atoms with Gasteiger partial charge in [-0.3, -0.25) is 9.89 Å². The summed E-state index contributed by atoms with van der Waals surface area (Å²) in [5.74, 6) is 1.69. The maximum atomic E-state index is 11.8. The van der Waals surface area contributed by atoms with Gasteiger partial charge in [0, 0.05) is 12.0 Å². The quantitative estimate of drug-likeness (QED) is 0.814. The summed E-state index contributed by atoms with van der Waals surface area (Å²) in [5, 5.41) is 10.7. The van der Waals surface area contributed by atoms with Crippen molar-refractivity contribution >= 4 is 17.7 Å². The van der Waals surface area contributed by atoms with E-state index in [1.54, 1.807) is 0 Å². The molecule has 0 radical (unpaired) electrons. The number of aromatic nitrogens is 3. The van der Waals surface area contributed by atoms with Crippen molar-refractivity contribution in [1.29, 1.82) is 0 Å². The fourth-order valence-corrected chi connectivity index (χ4v) is 2.84. The van der Waals surface area contributed by atoms with Crippen LogP contribution >= 0.6 is 11.8 Å². The van der Waals surface area contributed by atoms with Crippen LogP contribution in [0.2, 0.25) is 0 Å². The van der Waals surface area contributed by atoms with Crippen molar-refractivity contribution in [2.75, 3.05) is 5.75 Å². The first-order valence-electron chi connectivity index (χ1n) is 6.99. The number of carbonyl (C=O) groups excluding carboxylic acids is 1. The highest BCUT2D eigenvalue weighted by molar-refractivity contribution is 7.99. The van der Waals surface area contributed by atoms with Crippen LogP contribution in [0.3, 0.4) is 0 Å². The summed E-state index contributed by atoms with van der Waals surface area (Å²) in [6.45, 7) is 4.12. The smallest absolute Gasteiger partial charge is 0.230 e. The molecule has 0 unspecified atom stereocenters. The Kier molecular flexibility index (Phi) is 5.24. The Labute approximate surface area is 118 Å². The highest BCUT2D eigenvalue weighted by Crippen LogP contribution is 2.19. The van der Waals surface area contributed by atoms with Gasteiger partial charge in [0.2, 0.25) is 11.1 Å². The molecular formula is C13H22N4OS. The molecule has 0 aliphatic heterocycles. The van der Waals surface area contributed by atoms with Gasteiger partial charge in [0.15, 0.2) is 0 Å². The Hall–Kier alpha value is -1.04. The van der Waals surface area contributed by atoms with Crippen molar-refractivity contribution in [2.45, 2.75) is 63.1 Å². The number of hydrogen-bond donors (Lipinski definition) is 2. The maximum Gasteiger partial charge on any atom is 0.230 e. The molecule has 106 valence electrons. The molecule has 0 saturated heterocycles. The van der Waals surface area contributed by atoms with E-state index in [0.29, 0.717) is 22.9 Å². The zero-order chi connectivity index (χ0) is 13.7. The molecule has 6 heteroatoms. The highest BCUT2D eigenvalue weighted by atomic mass is 32.2. The van der Waals surface area contributed by atoms with Gasteiger partial charge in [-0.2, -0.15) is 0 Å². The lowest BCUT2D eigenvalue weighted by atomic mass is 9.95. The van der Waals surface area contributed by atoms with Gasteiger partial charge in [-0.1, -0.05) is 44.9 Å². The van der Waals surface area contributed by atoms with E-state index < -0.39 is 0 Å². The molecule has 1 aliphatic carbocycles. The third kappa shape index (κ3) is 4.53. The van der Waals surface area contributed by atoms with Crippen LogP contribution in [0.1, 0.15) is 57.7 Å². The number of aromatic amines is 1. The highest BCUT2D eigenvalue weighted by Gasteiger charge is 2.16. The molecule has 1 aliphatic rings. The van der Waals surface area contributed by atoms with Gasteiger partial charge in [-0.15, -0.1) is 5.10 Å². The van der Waals surface area contributed by atoms with Gasteiger partial charge in [-0.05, 0) is 12.8 Å². The van der Waals surface area contributed by atoms with E-state index in [0.717, 1.165) is 18.7 Å². The van der Waals surface area contributed by atoms with E-state index in [-0.39, 0.29) is 5.91 Å². The van der Waals surface area contributed by atoms with Crippen molar-refractivity contribution < 1.29 is 4.79 Å². The van der Waals surface area contributed by atoms with Gasteiger partial charge in [-0.25, -0.2) is 4.98 Å². The van der Waals surface area contributed by atoms with Crippen molar-refractivity contribution in [3.05, 3.63) is 5.82 Å². The molecule has 0 spiro atoms. The summed E-state index contributed by atoms with van der Waals surface area (Å²) in [7, 11) is 0. The predicted molar refractivity (Wildman–Crippen MR) is 76.2 cm³/mol. The minimum absolute atomic E-state index is 0.0906. The first kappa shape index (κ1) is 14.4. The summed E-state index contributed by atoms with van der Waals surface area (Å²) < 4.78 is 0. The predicted octanol–water partition coefficient (Wildman–Crippen LogP) is 2.47. The second kappa shape index (κ2) is 6.93. The number of carbonyl (C=O) groups is 1. The number of nitrogens with zero attached hydrogens (tertiary/aromatic N) is 2. The SMILES string of the molecule is CC(C)c1nc(SCC(=O)NC2CCCCC2)n[nH]1. The molecule has 1 aromatic rings. The molecule has 0 bridgehead atoms.